The van der Waals surface area contributed by atoms with Crippen LogP contribution in [0.25, 0.3) is 11.6 Å². The van der Waals surface area contributed by atoms with Crippen molar-refractivity contribution in [2.75, 3.05) is 19.0 Å². The molecule has 0 bridgehead atoms. The molecule has 0 fully saturated rings. The number of rotatable bonds is 5. The Kier molecular flexibility index (Phi) is 4.56. The molecule has 0 saturated heterocycles. The Balaban J connectivity index is 1.92. The number of anilines is 1. The lowest BCUT2D eigenvalue weighted by molar-refractivity contribution is -0.110. The van der Waals surface area contributed by atoms with Crippen molar-refractivity contribution < 1.29 is 14.3 Å². The lowest BCUT2D eigenvalue weighted by atomic mass is 10.0. The average molecular weight is 323 g/mol. The lowest BCUT2D eigenvalue weighted by Crippen LogP contribution is -2.05. The summed E-state index contributed by atoms with van der Waals surface area (Å²) in [6, 6.07) is 13.4. The van der Waals surface area contributed by atoms with E-state index in [0.717, 1.165) is 16.8 Å². The van der Waals surface area contributed by atoms with Crippen LogP contribution in [-0.2, 0) is 4.79 Å². The second-order valence-corrected chi connectivity index (χ2v) is 6.17. The van der Waals surface area contributed by atoms with Gasteiger partial charge in [-0.25, -0.2) is 0 Å². The molecule has 0 aliphatic carbocycles. The zero-order valence-electron chi connectivity index (χ0n) is 14.1. The van der Waals surface area contributed by atoms with Gasteiger partial charge < -0.3 is 14.8 Å². The van der Waals surface area contributed by atoms with Gasteiger partial charge in [-0.15, -0.1) is 0 Å². The van der Waals surface area contributed by atoms with Gasteiger partial charge in [0.1, 0.15) is 0 Å². The Bertz CT molecular complexity index is 793. The van der Waals surface area contributed by atoms with Crippen LogP contribution in [0, 0.1) is 5.92 Å². The van der Waals surface area contributed by atoms with Crippen molar-refractivity contribution in [2.45, 2.75) is 13.8 Å². The zero-order chi connectivity index (χ0) is 17.1. The van der Waals surface area contributed by atoms with Crippen molar-refractivity contribution in [3.05, 3.63) is 53.6 Å². The van der Waals surface area contributed by atoms with E-state index in [0.29, 0.717) is 29.6 Å². The van der Waals surface area contributed by atoms with Crippen LogP contribution in [0.15, 0.2) is 42.5 Å². The van der Waals surface area contributed by atoms with E-state index >= 15 is 0 Å². The number of para-hydroxylation sites is 1. The van der Waals surface area contributed by atoms with Gasteiger partial charge >= 0.3 is 0 Å². The SMILES string of the molecule is COc1cc(/C=C2\C(=O)Nc3ccccc32)ccc1OCC(C)C. The third-order valence-corrected chi connectivity index (χ3v) is 3.78. The minimum atomic E-state index is -0.0877. The van der Waals surface area contributed by atoms with E-state index in [1.165, 1.54) is 0 Å². The van der Waals surface area contributed by atoms with Crippen LogP contribution in [0.3, 0.4) is 0 Å². The summed E-state index contributed by atoms with van der Waals surface area (Å²) in [6.07, 6.45) is 1.87. The summed E-state index contributed by atoms with van der Waals surface area (Å²) in [5.74, 6) is 1.73. The molecule has 1 heterocycles. The second kappa shape index (κ2) is 6.79. The molecule has 1 aliphatic heterocycles. The molecule has 1 amide bonds. The van der Waals surface area contributed by atoms with Gasteiger partial charge in [-0.2, -0.15) is 0 Å². The normalized spacial score (nSPS) is 14.7. The van der Waals surface area contributed by atoms with Gasteiger partial charge in [0.25, 0.3) is 5.91 Å². The fraction of sp³-hybridized carbons (Fsp3) is 0.250. The monoisotopic (exact) mass is 323 g/mol. The van der Waals surface area contributed by atoms with E-state index in [4.69, 9.17) is 9.47 Å². The summed E-state index contributed by atoms with van der Waals surface area (Å²) in [5, 5.41) is 2.88. The predicted molar refractivity (Wildman–Crippen MR) is 96.3 cm³/mol. The number of nitrogens with one attached hydrogen (secondary N) is 1. The molecule has 4 heteroatoms. The molecule has 4 nitrogen and oxygen atoms in total. The fourth-order valence-electron chi connectivity index (χ4n) is 2.60. The maximum atomic E-state index is 12.2. The minimum Gasteiger partial charge on any atom is -0.493 e. The van der Waals surface area contributed by atoms with Crippen molar-refractivity contribution in [3.8, 4) is 11.5 Å². The molecule has 0 unspecified atom stereocenters. The topological polar surface area (TPSA) is 47.6 Å². The summed E-state index contributed by atoms with van der Waals surface area (Å²) < 4.78 is 11.2. The van der Waals surface area contributed by atoms with E-state index in [1.807, 2.05) is 48.5 Å². The third-order valence-electron chi connectivity index (χ3n) is 3.78. The first kappa shape index (κ1) is 16.1. The zero-order valence-corrected chi connectivity index (χ0v) is 14.1. The molecule has 0 spiro atoms. The molecule has 3 rings (SSSR count). The number of amides is 1. The maximum absolute atomic E-state index is 12.2. The number of fused-ring (bicyclic) bond motifs is 1. The number of hydrogen-bond donors (Lipinski definition) is 1. The van der Waals surface area contributed by atoms with Gasteiger partial charge in [0, 0.05) is 16.8 Å². The highest BCUT2D eigenvalue weighted by molar-refractivity contribution is 6.34. The average Bonchev–Trinajstić information content (AvgIpc) is 2.89. The highest BCUT2D eigenvalue weighted by atomic mass is 16.5. The highest BCUT2D eigenvalue weighted by Gasteiger charge is 2.23. The fourth-order valence-corrected chi connectivity index (χ4v) is 2.60. The van der Waals surface area contributed by atoms with Crippen LogP contribution in [-0.4, -0.2) is 19.6 Å². The number of carbonyl (C=O) groups is 1. The Labute approximate surface area is 142 Å². The van der Waals surface area contributed by atoms with Crippen LogP contribution >= 0.6 is 0 Å². The maximum Gasteiger partial charge on any atom is 0.256 e. The first-order valence-corrected chi connectivity index (χ1v) is 8.01. The van der Waals surface area contributed by atoms with Crippen molar-refractivity contribution in [2.24, 2.45) is 5.92 Å². The minimum absolute atomic E-state index is 0.0877. The van der Waals surface area contributed by atoms with E-state index < -0.39 is 0 Å². The Hall–Kier alpha value is -2.75. The molecule has 0 atom stereocenters. The van der Waals surface area contributed by atoms with Crippen molar-refractivity contribution >= 4 is 23.2 Å². The second-order valence-electron chi connectivity index (χ2n) is 6.17. The van der Waals surface area contributed by atoms with Crippen molar-refractivity contribution in [1.82, 2.24) is 0 Å². The molecule has 24 heavy (non-hydrogen) atoms. The molecule has 1 N–H and O–H groups in total. The first-order chi connectivity index (χ1) is 11.6. The predicted octanol–water partition coefficient (Wildman–Crippen LogP) is 4.22. The van der Waals surface area contributed by atoms with Crippen LogP contribution in [0.5, 0.6) is 11.5 Å². The quantitative estimate of drug-likeness (QED) is 0.838. The van der Waals surface area contributed by atoms with Gasteiger partial charge in [0.2, 0.25) is 0 Å². The summed E-state index contributed by atoms with van der Waals surface area (Å²) in [6.45, 7) is 4.83. The number of benzene rings is 2. The van der Waals surface area contributed by atoms with Crippen molar-refractivity contribution in [3.63, 3.8) is 0 Å². The van der Waals surface area contributed by atoms with Crippen LogP contribution in [0.2, 0.25) is 0 Å². The third kappa shape index (κ3) is 3.27. The van der Waals surface area contributed by atoms with E-state index in [1.54, 1.807) is 7.11 Å². The van der Waals surface area contributed by atoms with Gasteiger partial charge in [0.15, 0.2) is 11.5 Å². The first-order valence-electron chi connectivity index (χ1n) is 8.01. The summed E-state index contributed by atoms with van der Waals surface area (Å²) in [7, 11) is 1.62. The van der Waals surface area contributed by atoms with E-state index in [-0.39, 0.29) is 5.91 Å². The number of methoxy groups -OCH3 is 1. The van der Waals surface area contributed by atoms with E-state index in [9.17, 15) is 4.79 Å². The molecule has 1 aliphatic rings. The van der Waals surface area contributed by atoms with Crippen LogP contribution in [0.4, 0.5) is 5.69 Å². The number of hydrogen-bond acceptors (Lipinski definition) is 3. The molecule has 0 radical (unpaired) electrons. The molecule has 0 aromatic heterocycles. The smallest absolute Gasteiger partial charge is 0.256 e. The molecule has 2 aromatic carbocycles. The van der Waals surface area contributed by atoms with Crippen LogP contribution in [0.1, 0.15) is 25.0 Å². The number of ether oxygens (including phenoxy) is 2. The Morgan fingerprint density at radius 3 is 2.67 bits per heavy atom. The van der Waals surface area contributed by atoms with Crippen molar-refractivity contribution in [1.29, 1.82) is 0 Å². The van der Waals surface area contributed by atoms with Gasteiger partial charge in [-0.05, 0) is 35.8 Å². The Morgan fingerprint density at radius 1 is 1.12 bits per heavy atom. The summed E-state index contributed by atoms with van der Waals surface area (Å²) >= 11 is 0. The standard InChI is InChI=1S/C20H21NO3/c1-13(2)12-24-18-9-8-14(11-19(18)23-3)10-16-15-6-4-5-7-17(15)21-20(16)22/h4-11,13H,12H2,1-3H3,(H,21,22)/b16-10-. The summed E-state index contributed by atoms with van der Waals surface area (Å²) in [5.41, 5.74) is 3.31. The molecule has 124 valence electrons. The largest absolute Gasteiger partial charge is 0.493 e. The van der Waals surface area contributed by atoms with Gasteiger partial charge in [-0.1, -0.05) is 38.1 Å². The Morgan fingerprint density at radius 2 is 1.92 bits per heavy atom. The molecule has 2 aromatic rings. The lowest BCUT2D eigenvalue weighted by Gasteiger charge is -2.13. The van der Waals surface area contributed by atoms with E-state index in [2.05, 4.69) is 19.2 Å². The van der Waals surface area contributed by atoms with Gasteiger partial charge in [-0.3, -0.25) is 4.79 Å². The highest BCUT2D eigenvalue weighted by Crippen LogP contribution is 2.34. The molecule has 0 saturated carbocycles. The number of carbonyl (C=O) groups excluding carboxylic acids is 1. The van der Waals surface area contributed by atoms with Gasteiger partial charge in [0.05, 0.1) is 13.7 Å². The molecular weight excluding hydrogens is 302 g/mol. The van der Waals surface area contributed by atoms with Crippen LogP contribution < -0.4 is 14.8 Å². The summed E-state index contributed by atoms with van der Waals surface area (Å²) in [4.78, 5) is 12.2. The molecular formula is C20H21NO3.